The van der Waals surface area contributed by atoms with Gasteiger partial charge in [0.25, 0.3) is 5.91 Å². The van der Waals surface area contributed by atoms with Gasteiger partial charge in [-0.1, -0.05) is 46.9 Å². The highest BCUT2D eigenvalue weighted by Crippen LogP contribution is 2.31. The van der Waals surface area contributed by atoms with E-state index in [4.69, 9.17) is 44.3 Å². The maximum Gasteiger partial charge on any atom is 0.340 e. The smallest absolute Gasteiger partial charge is 0.340 e. The van der Waals surface area contributed by atoms with Crippen LogP contribution in [0.3, 0.4) is 0 Å². The van der Waals surface area contributed by atoms with Gasteiger partial charge in [0.1, 0.15) is 4.90 Å². The van der Waals surface area contributed by atoms with E-state index in [2.05, 4.69) is 5.32 Å². The second kappa shape index (κ2) is 10.8. The lowest BCUT2D eigenvalue weighted by molar-refractivity contribution is -0.124. The fourth-order valence-electron chi connectivity index (χ4n) is 2.87. The molecule has 0 aromatic heterocycles. The van der Waals surface area contributed by atoms with Crippen molar-refractivity contribution in [3.05, 3.63) is 62.6 Å². The number of hydrogen-bond acceptors (Lipinski definition) is 6. The van der Waals surface area contributed by atoms with Crippen LogP contribution in [0, 0.1) is 0 Å². The first-order valence-electron chi connectivity index (χ1n) is 9.43. The number of hydrogen-bond donors (Lipinski definition) is 1. The highest BCUT2D eigenvalue weighted by atomic mass is 35.5. The van der Waals surface area contributed by atoms with Crippen LogP contribution in [0.4, 0.5) is 0 Å². The summed E-state index contributed by atoms with van der Waals surface area (Å²) in [5, 5.41) is 2.95. The molecule has 1 aliphatic rings. The van der Waals surface area contributed by atoms with Crippen molar-refractivity contribution in [2.45, 2.75) is 11.4 Å². The fourth-order valence-corrected chi connectivity index (χ4v) is 5.23. The second-order valence-electron chi connectivity index (χ2n) is 6.76. The lowest BCUT2D eigenvalue weighted by atomic mass is 10.2. The quantitative estimate of drug-likeness (QED) is 0.562. The van der Waals surface area contributed by atoms with E-state index in [1.165, 1.54) is 4.31 Å². The van der Waals surface area contributed by atoms with Gasteiger partial charge in [0.15, 0.2) is 6.61 Å². The van der Waals surface area contributed by atoms with Crippen LogP contribution in [0.25, 0.3) is 0 Å². The van der Waals surface area contributed by atoms with E-state index in [0.29, 0.717) is 5.02 Å². The number of sulfonamides is 1. The molecule has 0 atom stereocenters. The number of morpholine rings is 1. The van der Waals surface area contributed by atoms with E-state index in [1.54, 1.807) is 24.3 Å². The first-order valence-corrected chi connectivity index (χ1v) is 12.0. The van der Waals surface area contributed by atoms with Crippen molar-refractivity contribution in [1.82, 2.24) is 9.62 Å². The summed E-state index contributed by atoms with van der Waals surface area (Å²) < 4.78 is 37.2. The predicted octanol–water partition coefficient (Wildman–Crippen LogP) is 3.14. The summed E-state index contributed by atoms with van der Waals surface area (Å²) in [4.78, 5) is 24.2. The number of amides is 1. The molecule has 0 aliphatic carbocycles. The first-order chi connectivity index (χ1) is 15.2. The van der Waals surface area contributed by atoms with E-state index in [9.17, 15) is 18.0 Å². The Morgan fingerprint density at radius 1 is 1.03 bits per heavy atom. The Bertz CT molecular complexity index is 1100. The monoisotopic (exact) mass is 520 g/mol. The topological polar surface area (TPSA) is 102 Å². The number of halogens is 3. The maximum absolute atomic E-state index is 12.9. The Morgan fingerprint density at radius 2 is 1.69 bits per heavy atom. The van der Waals surface area contributed by atoms with E-state index >= 15 is 0 Å². The van der Waals surface area contributed by atoms with Crippen LogP contribution in [0.1, 0.15) is 15.9 Å². The minimum absolute atomic E-state index is 0.0949. The first kappa shape index (κ1) is 24.8. The molecule has 8 nitrogen and oxygen atoms in total. The minimum Gasteiger partial charge on any atom is -0.452 e. The number of benzene rings is 2. The van der Waals surface area contributed by atoms with Crippen LogP contribution in [0.5, 0.6) is 0 Å². The van der Waals surface area contributed by atoms with Crippen molar-refractivity contribution in [3.63, 3.8) is 0 Å². The fraction of sp³-hybridized carbons (Fsp3) is 0.300. The molecule has 1 heterocycles. The number of carbonyl (C=O) groups excluding carboxylic acids is 2. The Morgan fingerprint density at radius 3 is 2.34 bits per heavy atom. The van der Waals surface area contributed by atoms with E-state index in [-0.39, 0.29) is 53.4 Å². The van der Waals surface area contributed by atoms with Gasteiger partial charge in [-0.05, 0) is 29.8 Å². The van der Waals surface area contributed by atoms with Gasteiger partial charge in [-0.15, -0.1) is 0 Å². The van der Waals surface area contributed by atoms with Crippen molar-refractivity contribution < 1.29 is 27.5 Å². The molecule has 32 heavy (non-hydrogen) atoms. The third-order valence-electron chi connectivity index (χ3n) is 4.57. The normalized spacial score (nSPS) is 14.7. The van der Waals surface area contributed by atoms with Crippen LogP contribution in [0.15, 0.2) is 41.3 Å². The molecule has 2 aromatic carbocycles. The number of esters is 1. The summed E-state index contributed by atoms with van der Waals surface area (Å²) in [6.07, 6.45) is 0. The minimum atomic E-state index is -3.97. The second-order valence-corrected chi connectivity index (χ2v) is 9.92. The van der Waals surface area contributed by atoms with Crippen LogP contribution in [-0.2, 0) is 30.8 Å². The standard InChI is InChI=1S/C20H19Cl3N2O6S/c21-14-3-1-13(2-4-14)11-24-19(26)12-31-20(27)15-9-18(17(23)10-16(15)22)32(28,29)25-5-7-30-8-6-25/h1-4,9-10H,5-8,11-12H2,(H,24,26). The van der Waals surface area contributed by atoms with Gasteiger partial charge >= 0.3 is 5.97 Å². The molecule has 12 heteroatoms. The molecule has 1 aliphatic heterocycles. The molecule has 3 rings (SSSR count). The molecular formula is C20H19Cl3N2O6S. The van der Waals surface area contributed by atoms with Crippen LogP contribution >= 0.6 is 34.8 Å². The Balaban J connectivity index is 1.66. The van der Waals surface area contributed by atoms with Gasteiger partial charge in [0.05, 0.1) is 28.8 Å². The molecule has 172 valence electrons. The molecule has 1 fully saturated rings. The lowest BCUT2D eigenvalue weighted by Gasteiger charge is -2.26. The van der Waals surface area contributed by atoms with Crippen molar-refractivity contribution in [2.24, 2.45) is 0 Å². The van der Waals surface area contributed by atoms with Gasteiger partial charge < -0.3 is 14.8 Å². The van der Waals surface area contributed by atoms with Crippen LogP contribution in [0.2, 0.25) is 15.1 Å². The van der Waals surface area contributed by atoms with Crippen molar-refractivity contribution in [2.75, 3.05) is 32.9 Å². The summed E-state index contributed by atoms with van der Waals surface area (Å²) >= 11 is 18.0. The average molecular weight is 522 g/mol. The highest BCUT2D eigenvalue weighted by molar-refractivity contribution is 7.89. The lowest BCUT2D eigenvalue weighted by Crippen LogP contribution is -2.40. The summed E-state index contributed by atoms with van der Waals surface area (Å²) in [7, 11) is -3.97. The molecular weight excluding hydrogens is 503 g/mol. The van der Waals surface area contributed by atoms with Crippen molar-refractivity contribution >= 4 is 56.7 Å². The average Bonchev–Trinajstić information content (AvgIpc) is 2.77. The molecule has 2 aromatic rings. The molecule has 0 saturated carbocycles. The molecule has 0 radical (unpaired) electrons. The summed E-state index contributed by atoms with van der Waals surface area (Å²) in [6, 6.07) is 9.09. The molecule has 0 spiro atoms. The summed E-state index contributed by atoms with van der Waals surface area (Å²) in [6.45, 7) is 0.479. The maximum atomic E-state index is 12.9. The number of carbonyl (C=O) groups is 2. The zero-order valence-corrected chi connectivity index (χ0v) is 19.7. The SMILES string of the molecule is O=C(COC(=O)c1cc(S(=O)(=O)N2CCOCC2)c(Cl)cc1Cl)NCc1ccc(Cl)cc1. The van der Waals surface area contributed by atoms with Crippen LogP contribution < -0.4 is 5.32 Å². The Labute approximate surface area is 200 Å². The highest BCUT2D eigenvalue weighted by Gasteiger charge is 2.30. The van der Waals surface area contributed by atoms with Crippen molar-refractivity contribution in [1.29, 1.82) is 0 Å². The van der Waals surface area contributed by atoms with E-state index in [0.717, 1.165) is 17.7 Å². The number of nitrogens with one attached hydrogen (secondary N) is 1. The molecule has 1 amide bonds. The molecule has 0 bridgehead atoms. The zero-order valence-electron chi connectivity index (χ0n) is 16.6. The van der Waals surface area contributed by atoms with Gasteiger partial charge in [-0.2, -0.15) is 4.31 Å². The Kier molecular flexibility index (Phi) is 8.37. The number of ether oxygens (including phenoxy) is 2. The third kappa shape index (κ3) is 6.12. The zero-order chi connectivity index (χ0) is 23.3. The molecule has 1 N–H and O–H groups in total. The van der Waals surface area contributed by atoms with Crippen molar-refractivity contribution in [3.8, 4) is 0 Å². The molecule has 1 saturated heterocycles. The van der Waals surface area contributed by atoms with E-state index < -0.39 is 28.5 Å². The number of rotatable bonds is 7. The van der Waals surface area contributed by atoms with Gasteiger partial charge in [-0.3, -0.25) is 4.79 Å². The molecule has 0 unspecified atom stereocenters. The number of nitrogens with zero attached hydrogens (tertiary/aromatic N) is 1. The predicted molar refractivity (Wildman–Crippen MR) is 120 cm³/mol. The van der Waals surface area contributed by atoms with Gasteiger partial charge in [0.2, 0.25) is 10.0 Å². The Hall–Kier alpha value is -1.88. The summed E-state index contributed by atoms with van der Waals surface area (Å²) in [5.74, 6) is -1.49. The van der Waals surface area contributed by atoms with Gasteiger partial charge in [-0.25, -0.2) is 13.2 Å². The summed E-state index contributed by atoms with van der Waals surface area (Å²) in [5.41, 5.74) is 0.598. The van der Waals surface area contributed by atoms with E-state index in [1.807, 2.05) is 0 Å². The van der Waals surface area contributed by atoms with Gasteiger partial charge in [0, 0.05) is 24.7 Å². The van der Waals surface area contributed by atoms with Crippen LogP contribution in [-0.4, -0.2) is 57.5 Å². The third-order valence-corrected chi connectivity index (χ3v) is 7.49. The largest absolute Gasteiger partial charge is 0.452 e.